The normalized spacial score (nSPS) is 23.9. The minimum absolute atomic E-state index is 0.0519. The molecule has 3 aliphatic rings. The maximum Gasteiger partial charge on any atom is 0.239 e. The van der Waals surface area contributed by atoms with E-state index in [1.165, 1.54) is 19.3 Å². The fraction of sp³-hybridized carbons (Fsp3) is 0.600. The van der Waals surface area contributed by atoms with Gasteiger partial charge in [-0.2, -0.15) is 0 Å². The highest BCUT2D eigenvalue weighted by Gasteiger charge is 2.40. The number of nitrogens with one attached hydrogen (secondary N) is 2. The number of allylic oxidation sites excluding steroid dienone is 1. The second-order valence-electron chi connectivity index (χ2n) is 9.93. The highest BCUT2D eigenvalue weighted by atomic mass is 16.2. The van der Waals surface area contributed by atoms with Crippen molar-refractivity contribution < 1.29 is 9.59 Å². The van der Waals surface area contributed by atoms with Crippen LogP contribution in [0.5, 0.6) is 0 Å². The van der Waals surface area contributed by atoms with E-state index in [-0.39, 0.29) is 29.7 Å². The first-order chi connectivity index (χ1) is 14.4. The van der Waals surface area contributed by atoms with E-state index in [0.717, 1.165) is 48.3 Å². The maximum atomic E-state index is 13.2. The zero-order valence-electron chi connectivity index (χ0n) is 18.6. The maximum absolute atomic E-state index is 13.2. The molecule has 0 unspecified atom stereocenters. The molecule has 0 radical (unpaired) electrons. The lowest BCUT2D eigenvalue weighted by atomic mass is 9.74. The first kappa shape index (κ1) is 21.0. The number of rotatable bonds is 4. The van der Waals surface area contributed by atoms with Crippen molar-refractivity contribution in [2.75, 3.05) is 16.8 Å². The SMILES string of the molecule is CC[C@H]1C2=C(CC(C)(C)CC2=O)Nc2ccccc2N1CC(=O)NC1CCCCC1. The number of para-hydroxylation sites is 2. The van der Waals surface area contributed by atoms with Crippen LogP contribution in [0.2, 0.25) is 0 Å². The molecule has 4 rings (SSSR count). The second-order valence-corrected chi connectivity index (χ2v) is 9.93. The van der Waals surface area contributed by atoms with Gasteiger partial charge < -0.3 is 15.5 Å². The molecule has 0 saturated heterocycles. The van der Waals surface area contributed by atoms with Crippen LogP contribution >= 0.6 is 0 Å². The summed E-state index contributed by atoms with van der Waals surface area (Å²) in [4.78, 5) is 28.4. The first-order valence-electron chi connectivity index (χ1n) is 11.6. The van der Waals surface area contributed by atoms with E-state index in [0.29, 0.717) is 12.5 Å². The van der Waals surface area contributed by atoms with Crippen molar-refractivity contribution in [1.82, 2.24) is 5.32 Å². The van der Waals surface area contributed by atoms with Crippen molar-refractivity contribution in [2.45, 2.75) is 84.2 Å². The quantitative estimate of drug-likeness (QED) is 0.751. The Labute approximate surface area is 180 Å². The average Bonchev–Trinajstić information content (AvgIpc) is 2.82. The van der Waals surface area contributed by atoms with E-state index in [1.54, 1.807) is 0 Å². The van der Waals surface area contributed by atoms with Gasteiger partial charge in [-0.15, -0.1) is 0 Å². The summed E-state index contributed by atoms with van der Waals surface area (Å²) in [6.45, 7) is 6.70. The number of hydrogen-bond acceptors (Lipinski definition) is 4. The zero-order valence-corrected chi connectivity index (χ0v) is 18.6. The molecule has 1 fully saturated rings. The zero-order chi connectivity index (χ0) is 21.3. The highest BCUT2D eigenvalue weighted by Crippen LogP contribution is 2.44. The van der Waals surface area contributed by atoms with Gasteiger partial charge in [0.2, 0.25) is 5.91 Å². The van der Waals surface area contributed by atoms with Gasteiger partial charge in [0.15, 0.2) is 5.78 Å². The van der Waals surface area contributed by atoms with Crippen LogP contribution in [-0.2, 0) is 9.59 Å². The summed E-state index contributed by atoms with van der Waals surface area (Å²) in [6, 6.07) is 8.34. The molecule has 162 valence electrons. The van der Waals surface area contributed by atoms with Crippen molar-refractivity contribution in [3.63, 3.8) is 0 Å². The molecular weight excluding hydrogens is 374 g/mol. The van der Waals surface area contributed by atoms with E-state index in [9.17, 15) is 9.59 Å². The van der Waals surface area contributed by atoms with Crippen molar-refractivity contribution in [2.24, 2.45) is 5.41 Å². The van der Waals surface area contributed by atoms with Gasteiger partial charge in [-0.05, 0) is 43.2 Å². The van der Waals surface area contributed by atoms with Crippen LogP contribution in [0.25, 0.3) is 0 Å². The standard InChI is InChI=1S/C25H35N3O2/c1-4-20-24-19(14-25(2,3)15-22(24)29)27-18-12-8-9-13-21(18)28(20)16-23(30)26-17-10-6-5-7-11-17/h8-9,12-13,17,20,27H,4-7,10-11,14-16H2,1-3H3,(H,26,30)/t20-/m0/s1. The van der Waals surface area contributed by atoms with Crippen molar-refractivity contribution in [3.05, 3.63) is 35.5 Å². The average molecular weight is 410 g/mol. The summed E-state index contributed by atoms with van der Waals surface area (Å²) >= 11 is 0. The van der Waals surface area contributed by atoms with Crippen LogP contribution < -0.4 is 15.5 Å². The Morgan fingerprint density at radius 1 is 1.17 bits per heavy atom. The fourth-order valence-electron chi connectivity index (χ4n) is 5.44. The van der Waals surface area contributed by atoms with E-state index in [4.69, 9.17) is 0 Å². The van der Waals surface area contributed by atoms with Crippen LogP contribution in [-0.4, -0.2) is 30.3 Å². The number of Topliss-reactive ketones (excluding diaryl/α,β-unsaturated/α-hetero) is 1. The Kier molecular flexibility index (Phi) is 5.90. The number of ketones is 1. The molecule has 2 aliphatic carbocycles. The molecule has 2 N–H and O–H groups in total. The second kappa shape index (κ2) is 8.44. The van der Waals surface area contributed by atoms with Gasteiger partial charge in [0.1, 0.15) is 0 Å². The van der Waals surface area contributed by atoms with Crippen molar-refractivity contribution >= 4 is 23.1 Å². The molecule has 1 aromatic carbocycles. The summed E-state index contributed by atoms with van der Waals surface area (Å²) in [7, 11) is 0. The Balaban J connectivity index is 1.66. The van der Waals surface area contributed by atoms with Gasteiger partial charge >= 0.3 is 0 Å². The van der Waals surface area contributed by atoms with Crippen LogP contribution in [0.1, 0.15) is 72.1 Å². The van der Waals surface area contributed by atoms with Crippen LogP contribution in [0.3, 0.4) is 0 Å². The molecule has 0 spiro atoms. The highest BCUT2D eigenvalue weighted by molar-refractivity contribution is 6.01. The molecule has 0 aromatic heterocycles. The van der Waals surface area contributed by atoms with E-state index in [1.807, 2.05) is 12.1 Å². The molecule has 5 nitrogen and oxygen atoms in total. The Bertz CT molecular complexity index is 852. The molecule has 30 heavy (non-hydrogen) atoms. The molecule has 1 atom stereocenters. The number of anilines is 2. The number of nitrogens with zero attached hydrogens (tertiary/aromatic N) is 1. The number of fused-ring (bicyclic) bond motifs is 1. The minimum atomic E-state index is -0.0862. The molecule has 1 aliphatic heterocycles. The Morgan fingerprint density at radius 2 is 1.90 bits per heavy atom. The van der Waals surface area contributed by atoms with Gasteiger partial charge in [-0.3, -0.25) is 9.59 Å². The smallest absolute Gasteiger partial charge is 0.239 e. The number of amides is 1. The van der Waals surface area contributed by atoms with E-state index in [2.05, 4.69) is 48.4 Å². The Hall–Kier alpha value is -2.30. The molecule has 1 aromatic rings. The molecule has 5 heteroatoms. The van der Waals surface area contributed by atoms with Gasteiger partial charge in [-0.25, -0.2) is 0 Å². The van der Waals surface area contributed by atoms with Crippen LogP contribution in [0.4, 0.5) is 11.4 Å². The summed E-state index contributed by atoms with van der Waals surface area (Å²) in [5.74, 6) is 0.272. The molecular formula is C25H35N3O2. The largest absolute Gasteiger partial charge is 0.357 e. The van der Waals surface area contributed by atoms with Gasteiger partial charge in [-0.1, -0.05) is 52.2 Å². The lowest BCUT2D eigenvalue weighted by Crippen LogP contribution is -2.48. The third-order valence-electron chi connectivity index (χ3n) is 6.80. The predicted octanol–water partition coefficient (Wildman–Crippen LogP) is 4.79. The Morgan fingerprint density at radius 3 is 2.63 bits per heavy atom. The number of carbonyl (C=O) groups excluding carboxylic acids is 2. The topological polar surface area (TPSA) is 61.4 Å². The van der Waals surface area contributed by atoms with E-state index < -0.39 is 0 Å². The summed E-state index contributed by atoms with van der Waals surface area (Å²) in [5, 5.41) is 6.84. The van der Waals surface area contributed by atoms with Crippen LogP contribution in [0.15, 0.2) is 35.5 Å². The lowest BCUT2D eigenvalue weighted by Gasteiger charge is -2.37. The molecule has 1 amide bonds. The van der Waals surface area contributed by atoms with Gasteiger partial charge in [0.25, 0.3) is 0 Å². The summed E-state index contributed by atoms with van der Waals surface area (Å²) in [5.41, 5.74) is 3.84. The molecule has 1 saturated carbocycles. The lowest BCUT2D eigenvalue weighted by molar-refractivity contribution is -0.121. The fourth-order valence-corrected chi connectivity index (χ4v) is 5.44. The summed E-state index contributed by atoms with van der Waals surface area (Å²) in [6.07, 6.45) is 8.00. The van der Waals surface area contributed by atoms with Crippen molar-refractivity contribution in [1.29, 1.82) is 0 Å². The molecule has 1 heterocycles. The van der Waals surface area contributed by atoms with E-state index >= 15 is 0 Å². The minimum Gasteiger partial charge on any atom is -0.357 e. The summed E-state index contributed by atoms with van der Waals surface area (Å²) < 4.78 is 0. The van der Waals surface area contributed by atoms with Crippen LogP contribution in [0, 0.1) is 5.41 Å². The number of hydrogen-bond donors (Lipinski definition) is 2. The van der Waals surface area contributed by atoms with Crippen molar-refractivity contribution in [3.8, 4) is 0 Å². The third kappa shape index (κ3) is 4.26. The monoisotopic (exact) mass is 409 g/mol. The van der Waals surface area contributed by atoms with Gasteiger partial charge in [0.05, 0.1) is 24.0 Å². The number of benzene rings is 1. The van der Waals surface area contributed by atoms with Gasteiger partial charge in [0, 0.05) is 23.7 Å². The third-order valence-corrected chi connectivity index (χ3v) is 6.80. The number of carbonyl (C=O) groups is 2. The predicted molar refractivity (Wildman–Crippen MR) is 122 cm³/mol. The first-order valence-corrected chi connectivity index (χ1v) is 11.6. The molecule has 0 bridgehead atoms.